The smallest absolute Gasteiger partial charge is 0.191 e. The van der Waals surface area contributed by atoms with Crippen LogP contribution in [0.25, 0.3) is 10.9 Å². The van der Waals surface area contributed by atoms with Crippen LogP contribution in [0.1, 0.15) is 25.0 Å². The van der Waals surface area contributed by atoms with Gasteiger partial charge in [-0.3, -0.25) is 14.9 Å². The van der Waals surface area contributed by atoms with Crippen LogP contribution in [0.2, 0.25) is 0 Å². The summed E-state index contributed by atoms with van der Waals surface area (Å²) >= 11 is 0. The molecule has 1 unspecified atom stereocenters. The molecule has 1 atom stereocenters. The molecule has 1 saturated carbocycles. The number of pyridine rings is 1. The summed E-state index contributed by atoms with van der Waals surface area (Å²) in [5.41, 5.74) is 2.18. The average Bonchev–Trinajstić information content (AvgIpc) is 3.40. The fourth-order valence-electron chi connectivity index (χ4n) is 3.62. The average molecular weight is 337 g/mol. The van der Waals surface area contributed by atoms with Crippen LogP contribution in [0.15, 0.2) is 41.4 Å². The van der Waals surface area contributed by atoms with Gasteiger partial charge in [-0.25, -0.2) is 0 Å². The van der Waals surface area contributed by atoms with Crippen molar-refractivity contribution in [3.05, 3.63) is 42.1 Å². The number of likely N-dealkylation sites (tertiary alicyclic amines) is 1. The molecular weight excluding hydrogens is 310 g/mol. The Hall–Kier alpha value is -2.14. The summed E-state index contributed by atoms with van der Waals surface area (Å²) in [4.78, 5) is 11.7. The second-order valence-electron chi connectivity index (χ2n) is 7.10. The number of aromatic nitrogens is 1. The van der Waals surface area contributed by atoms with Crippen molar-refractivity contribution >= 4 is 16.9 Å². The maximum atomic E-state index is 4.73. The summed E-state index contributed by atoms with van der Waals surface area (Å²) < 4.78 is 0. The van der Waals surface area contributed by atoms with Gasteiger partial charge in [-0.05, 0) is 31.4 Å². The Kier molecular flexibility index (Phi) is 4.83. The first-order valence-corrected chi connectivity index (χ1v) is 9.38. The highest BCUT2D eigenvalue weighted by Gasteiger charge is 2.34. The minimum atomic E-state index is 0.519. The Morgan fingerprint density at radius 3 is 2.92 bits per heavy atom. The Bertz CT molecular complexity index is 753. The van der Waals surface area contributed by atoms with Crippen LogP contribution < -0.4 is 10.6 Å². The van der Waals surface area contributed by atoms with Crippen molar-refractivity contribution in [3.63, 3.8) is 0 Å². The second kappa shape index (κ2) is 7.40. The molecule has 25 heavy (non-hydrogen) atoms. The molecule has 5 nitrogen and oxygen atoms in total. The van der Waals surface area contributed by atoms with Crippen molar-refractivity contribution in [2.75, 3.05) is 26.7 Å². The van der Waals surface area contributed by atoms with E-state index in [1.54, 1.807) is 0 Å². The zero-order chi connectivity index (χ0) is 17.1. The molecule has 2 N–H and O–H groups in total. The fourth-order valence-corrected chi connectivity index (χ4v) is 3.62. The number of nitrogens with one attached hydrogen (secondary N) is 2. The maximum absolute atomic E-state index is 4.73. The molecule has 2 fully saturated rings. The first kappa shape index (κ1) is 16.3. The van der Waals surface area contributed by atoms with Crippen LogP contribution in [0, 0.1) is 0 Å². The number of para-hydroxylation sites is 1. The van der Waals surface area contributed by atoms with E-state index in [0.29, 0.717) is 6.04 Å². The highest BCUT2D eigenvalue weighted by atomic mass is 15.3. The molecule has 0 spiro atoms. The van der Waals surface area contributed by atoms with Crippen molar-refractivity contribution in [2.45, 2.75) is 37.8 Å². The molecule has 1 aliphatic carbocycles. The molecule has 2 aromatic rings. The Balaban J connectivity index is 1.26. The van der Waals surface area contributed by atoms with Gasteiger partial charge in [-0.2, -0.15) is 0 Å². The molecule has 0 bridgehead atoms. The molecule has 1 aromatic heterocycles. The predicted octanol–water partition coefficient (Wildman–Crippen LogP) is 2.18. The van der Waals surface area contributed by atoms with Crippen molar-refractivity contribution in [3.8, 4) is 0 Å². The lowest BCUT2D eigenvalue weighted by atomic mass is 10.2. The molecule has 2 heterocycles. The third-order valence-corrected chi connectivity index (χ3v) is 5.18. The van der Waals surface area contributed by atoms with Gasteiger partial charge in [0.2, 0.25) is 0 Å². The number of hydrogen-bond donors (Lipinski definition) is 2. The molecule has 4 rings (SSSR count). The van der Waals surface area contributed by atoms with Crippen LogP contribution >= 0.6 is 0 Å². The van der Waals surface area contributed by atoms with Gasteiger partial charge in [-0.1, -0.05) is 24.3 Å². The van der Waals surface area contributed by atoms with E-state index in [-0.39, 0.29) is 0 Å². The normalized spacial score (nSPS) is 21.6. The largest absolute Gasteiger partial charge is 0.356 e. The fraction of sp³-hybridized carbons (Fsp3) is 0.500. The number of rotatable bonds is 5. The van der Waals surface area contributed by atoms with Gasteiger partial charge in [-0.15, -0.1) is 0 Å². The lowest BCUT2D eigenvalue weighted by molar-refractivity contribution is 0.321. The molecule has 5 heteroatoms. The van der Waals surface area contributed by atoms with Crippen LogP contribution in [-0.2, 0) is 6.42 Å². The Labute approximate surface area is 149 Å². The number of aliphatic imine (C=N–C) groups is 1. The number of nitrogens with zero attached hydrogens (tertiary/aromatic N) is 3. The minimum Gasteiger partial charge on any atom is -0.356 e. The summed E-state index contributed by atoms with van der Waals surface area (Å²) in [5, 5.41) is 8.20. The maximum Gasteiger partial charge on any atom is 0.191 e. The molecule has 2 aliphatic rings. The third kappa shape index (κ3) is 4.10. The zero-order valence-corrected chi connectivity index (χ0v) is 14.9. The lowest BCUT2D eigenvalue weighted by Gasteiger charge is -2.18. The lowest BCUT2D eigenvalue weighted by Crippen LogP contribution is -2.45. The van der Waals surface area contributed by atoms with Crippen molar-refractivity contribution in [1.29, 1.82) is 0 Å². The van der Waals surface area contributed by atoms with Gasteiger partial charge < -0.3 is 10.6 Å². The number of benzene rings is 1. The van der Waals surface area contributed by atoms with Crippen LogP contribution in [-0.4, -0.2) is 54.6 Å². The van der Waals surface area contributed by atoms with E-state index >= 15 is 0 Å². The van der Waals surface area contributed by atoms with Gasteiger partial charge in [0.15, 0.2) is 5.96 Å². The Morgan fingerprint density at radius 2 is 2.08 bits per heavy atom. The Morgan fingerprint density at radius 1 is 1.20 bits per heavy atom. The zero-order valence-electron chi connectivity index (χ0n) is 14.9. The van der Waals surface area contributed by atoms with Crippen molar-refractivity contribution < 1.29 is 0 Å². The van der Waals surface area contributed by atoms with E-state index in [0.717, 1.165) is 42.7 Å². The van der Waals surface area contributed by atoms with Gasteiger partial charge in [0.1, 0.15) is 0 Å². The number of fused-ring (bicyclic) bond motifs is 1. The highest BCUT2D eigenvalue weighted by Crippen LogP contribution is 2.29. The third-order valence-electron chi connectivity index (χ3n) is 5.18. The standard InChI is InChI=1S/C20H27N5/c1-21-20(24-17-11-13-25(14-17)18-8-9-18)22-12-10-16-7-6-15-4-2-3-5-19(15)23-16/h2-7,17-18H,8-14H2,1H3,(H2,21,22,24). The van der Waals surface area contributed by atoms with E-state index in [4.69, 9.17) is 4.98 Å². The molecule has 0 radical (unpaired) electrons. The molecule has 0 amide bonds. The number of guanidine groups is 1. The molecule has 1 aliphatic heterocycles. The van der Waals surface area contributed by atoms with Gasteiger partial charge in [0.25, 0.3) is 0 Å². The second-order valence-corrected chi connectivity index (χ2v) is 7.10. The van der Waals surface area contributed by atoms with E-state index in [2.05, 4.69) is 44.8 Å². The molecule has 1 saturated heterocycles. The number of hydrogen-bond acceptors (Lipinski definition) is 3. The quantitative estimate of drug-likeness (QED) is 0.649. The first-order valence-electron chi connectivity index (χ1n) is 9.38. The van der Waals surface area contributed by atoms with E-state index in [1.165, 1.54) is 31.2 Å². The molecular formula is C20H27N5. The predicted molar refractivity (Wildman–Crippen MR) is 103 cm³/mol. The van der Waals surface area contributed by atoms with Crippen molar-refractivity contribution in [1.82, 2.24) is 20.5 Å². The molecule has 132 valence electrons. The monoisotopic (exact) mass is 337 g/mol. The first-order chi connectivity index (χ1) is 12.3. The highest BCUT2D eigenvalue weighted by molar-refractivity contribution is 5.80. The van der Waals surface area contributed by atoms with Crippen LogP contribution in [0.3, 0.4) is 0 Å². The van der Waals surface area contributed by atoms with E-state index in [1.807, 2.05) is 19.2 Å². The van der Waals surface area contributed by atoms with Crippen molar-refractivity contribution in [2.24, 2.45) is 4.99 Å². The van der Waals surface area contributed by atoms with E-state index in [9.17, 15) is 0 Å². The minimum absolute atomic E-state index is 0.519. The van der Waals surface area contributed by atoms with Gasteiger partial charge >= 0.3 is 0 Å². The van der Waals surface area contributed by atoms with E-state index < -0.39 is 0 Å². The topological polar surface area (TPSA) is 52.6 Å². The van der Waals surface area contributed by atoms with Gasteiger partial charge in [0, 0.05) is 56.3 Å². The SMILES string of the molecule is CN=C(NCCc1ccc2ccccc2n1)NC1CCN(C2CC2)C1. The summed E-state index contributed by atoms with van der Waals surface area (Å²) in [6, 6.07) is 13.9. The summed E-state index contributed by atoms with van der Waals surface area (Å²) in [6.07, 6.45) is 4.88. The van der Waals surface area contributed by atoms with Crippen LogP contribution in [0.4, 0.5) is 0 Å². The summed E-state index contributed by atoms with van der Waals surface area (Å²) in [5.74, 6) is 0.906. The summed E-state index contributed by atoms with van der Waals surface area (Å²) in [6.45, 7) is 3.21. The van der Waals surface area contributed by atoms with Gasteiger partial charge in [0.05, 0.1) is 5.52 Å². The van der Waals surface area contributed by atoms with Crippen LogP contribution in [0.5, 0.6) is 0 Å². The summed E-state index contributed by atoms with van der Waals surface area (Å²) in [7, 11) is 1.84. The molecule has 1 aromatic carbocycles.